The fourth-order valence-electron chi connectivity index (χ4n) is 2.90. The Morgan fingerprint density at radius 1 is 1.27 bits per heavy atom. The summed E-state index contributed by atoms with van der Waals surface area (Å²) in [6.07, 6.45) is 5.06. The van der Waals surface area contributed by atoms with Crippen LogP contribution in [0.5, 0.6) is 5.75 Å². The van der Waals surface area contributed by atoms with E-state index >= 15 is 0 Å². The molecule has 0 unspecified atom stereocenters. The second-order valence-corrected chi connectivity index (χ2v) is 5.82. The van der Waals surface area contributed by atoms with Crippen molar-refractivity contribution >= 4 is 17.5 Å². The van der Waals surface area contributed by atoms with Crippen LogP contribution in [0.3, 0.4) is 0 Å². The van der Waals surface area contributed by atoms with Gasteiger partial charge >= 0.3 is 0 Å². The molecule has 5 nitrogen and oxygen atoms in total. The van der Waals surface area contributed by atoms with Crippen LogP contribution in [0.4, 0.5) is 10.1 Å². The summed E-state index contributed by atoms with van der Waals surface area (Å²) >= 11 is 0. The van der Waals surface area contributed by atoms with Crippen LogP contribution in [0.25, 0.3) is 0 Å². The first-order chi connectivity index (χ1) is 10.6. The highest BCUT2D eigenvalue weighted by Crippen LogP contribution is 2.27. The number of carbonyl (C=O) groups is 2. The number of ether oxygens (including phenoxy) is 1. The molecule has 1 aromatic carbocycles. The molecule has 3 rings (SSSR count). The van der Waals surface area contributed by atoms with Crippen LogP contribution in [-0.4, -0.2) is 24.0 Å². The summed E-state index contributed by atoms with van der Waals surface area (Å²) in [5.41, 5.74) is 0.363. The first kappa shape index (κ1) is 14.8. The first-order valence-electron chi connectivity index (χ1n) is 7.68. The van der Waals surface area contributed by atoms with Crippen LogP contribution >= 0.6 is 0 Å². The number of benzene rings is 1. The van der Waals surface area contributed by atoms with Gasteiger partial charge in [-0.05, 0) is 44.2 Å². The Bertz CT molecular complexity index is 585. The number of halogens is 1. The molecule has 1 aromatic rings. The van der Waals surface area contributed by atoms with E-state index < -0.39 is 11.9 Å². The third-order valence-corrected chi connectivity index (χ3v) is 4.11. The molecule has 2 fully saturated rings. The van der Waals surface area contributed by atoms with Crippen molar-refractivity contribution in [2.75, 3.05) is 5.32 Å². The molecule has 0 spiro atoms. The molecule has 118 valence electrons. The molecule has 22 heavy (non-hydrogen) atoms. The summed E-state index contributed by atoms with van der Waals surface area (Å²) in [7, 11) is 0. The van der Waals surface area contributed by atoms with Gasteiger partial charge in [-0.15, -0.1) is 0 Å². The van der Waals surface area contributed by atoms with Crippen LogP contribution in [0.2, 0.25) is 0 Å². The number of hydrogen-bond donors (Lipinski definition) is 2. The number of carbonyl (C=O) groups excluding carboxylic acids is 2. The Hall–Kier alpha value is -2.11. The van der Waals surface area contributed by atoms with Crippen LogP contribution in [0.1, 0.15) is 38.5 Å². The molecule has 1 aliphatic heterocycles. The van der Waals surface area contributed by atoms with Crippen LogP contribution in [-0.2, 0) is 9.59 Å². The van der Waals surface area contributed by atoms with Crippen molar-refractivity contribution < 1.29 is 18.7 Å². The third-order valence-electron chi connectivity index (χ3n) is 4.11. The number of rotatable bonds is 4. The summed E-state index contributed by atoms with van der Waals surface area (Å²) in [5.74, 6) is -0.722. The highest BCUT2D eigenvalue weighted by atomic mass is 19.1. The van der Waals surface area contributed by atoms with Crippen molar-refractivity contribution in [3.63, 3.8) is 0 Å². The molecule has 6 heteroatoms. The molecule has 0 aromatic heterocycles. The second-order valence-electron chi connectivity index (χ2n) is 5.82. The maximum Gasteiger partial charge on any atom is 0.246 e. The molecule has 0 radical (unpaired) electrons. The monoisotopic (exact) mass is 306 g/mol. The normalized spacial score (nSPS) is 21.7. The molecule has 1 saturated carbocycles. The molecule has 2 N–H and O–H groups in total. The fourth-order valence-corrected chi connectivity index (χ4v) is 2.90. The van der Waals surface area contributed by atoms with Gasteiger partial charge in [0.05, 0.1) is 6.10 Å². The highest BCUT2D eigenvalue weighted by molar-refractivity contribution is 5.98. The lowest BCUT2D eigenvalue weighted by Crippen LogP contribution is -2.37. The number of hydrogen-bond acceptors (Lipinski definition) is 3. The lowest BCUT2D eigenvalue weighted by atomic mass is 10.2. The summed E-state index contributed by atoms with van der Waals surface area (Å²) in [5, 5.41) is 5.20. The van der Waals surface area contributed by atoms with E-state index in [4.69, 9.17) is 4.74 Å². The maximum atomic E-state index is 14.0. The Kier molecular flexibility index (Phi) is 4.27. The SMILES string of the molecule is O=C1CC[C@H](C(=O)Nc2ccc(OC3CCCC3)c(F)c2)N1. The van der Waals surface area contributed by atoms with Gasteiger partial charge in [0.1, 0.15) is 6.04 Å². The number of amides is 2. The minimum Gasteiger partial charge on any atom is -0.487 e. The molecule has 1 saturated heterocycles. The zero-order chi connectivity index (χ0) is 15.5. The van der Waals surface area contributed by atoms with E-state index in [0.29, 0.717) is 18.5 Å². The summed E-state index contributed by atoms with van der Waals surface area (Å²) in [6.45, 7) is 0. The minimum atomic E-state index is -0.537. The minimum absolute atomic E-state index is 0.0867. The molecule has 2 amide bonds. The van der Waals surface area contributed by atoms with E-state index in [0.717, 1.165) is 25.7 Å². The smallest absolute Gasteiger partial charge is 0.246 e. The van der Waals surface area contributed by atoms with E-state index in [1.165, 1.54) is 12.1 Å². The van der Waals surface area contributed by atoms with Gasteiger partial charge in [0, 0.05) is 18.2 Å². The van der Waals surface area contributed by atoms with Gasteiger partial charge < -0.3 is 15.4 Å². The van der Waals surface area contributed by atoms with E-state index in [1.807, 2.05) is 0 Å². The molecule has 1 aliphatic carbocycles. The average Bonchev–Trinajstić information content (AvgIpc) is 3.13. The summed E-state index contributed by atoms with van der Waals surface area (Å²) in [4.78, 5) is 23.1. The van der Waals surface area contributed by atoms with Gasteiger partial charge in [-0.2, -0.15) is 0 Å². The van der Waals surface area contributed by atoms with E-state index in [9.17, 15) is 14.0 Å². The summed E-state index contributed by atoms with van der Waals surface area (Å²) < 4.78 is 19.7. The van der Waals surface area contributed by atoms with E-state index in [1.54, 1.807) is 6.07 Å². The van der Waals surface area contributed by atoms with Crippen LogP contribution in [0.15, 0.2) is 18.2 Å². The Balaban J connectivity index is 1.61. The molecule has 1 atom stereocenters. The highest BCUT2D eigenvalue weighted by Gasteiger charge is 2.27. The third kappa shape index (κ3) is 3.37. The van der Waals surface area contributed by atoms with Gasteiger partial charge in [0.2, 0.25) is 11.8 Å². The zero-order valence-corrected chi connectivity index (χ0v) is 12.2. The number of anilines is 1. The van der Waals surface area contributed by atoms with Crippen molar-refractivity contribution in [3.05, 3.63) is 24.0 Å². The second kappa shape index (κ2) is 6.34. The molecule has 1 heterocycles. The Morgan fingerprint density at radius 3 is 2.68 bits per heavy atom. The van der Waals surface area contributed by atoms with Crippen molar-refractivity contribution in [2.45, 2.75) is 50.7 Å². The molecular weight excluding hydrogens is 287 g/mol. The Labute approximate surface area is 128 Å². The summed E-state index contributed by atoms with van der Waals surface area (Å²) in [6, 6.07) is 3.86. The van der Waals surface area contributed by atoms with Crippen LogP contribution < -0.4 is 15.4 Å². The van der Waals surface area contributed by atoms with E-state index in [2.05, 4.69) is 10.6 Å². The van der Waals surface area contributed by atoms with Gasteiger partial charge in [0.25, 0.3) is 0 Å². The van der Waals surface area contributed by atoms with Crippen molar-refractivity contribution in [3.8, 4) is 5.75 Å². The topological polar surface area (TPSA) is 67.4 Å². The molecule has 2 aliphatic rings. The van der Waals surface area contributed by atoms with Crippen molar-refractivity contribution in [2.24, 2.45) is 0 Å². The standard InChI is InChI=1S/C16H19FN2O3/c17-12-9-10(18-16(21)13-6-8-15(20)19-13)5-7-14(12)22-11-3-1-2-4-11/h5,7,9,11,13H,1-4,6,8H2,(H,18,21)(H,19,20)/t13-/m1/s1. The first-order valence-corrected chi connectivity index (χ1v) is 7.68. The lowest BCUT2D eigenvalue weighted by molar-refractivity contribution is -0.122. The average molecular weight is 306 g/mol. The molecular formula is C16H19FN2O3. The predicted molar refractivity (Wildman–Crippen MR) is 79.1 cm³/mol. The maximum absolute atomic E-state index is 14.0. The zero-order valence-electron chi connectivity index (χ0n) is 12.2. The lowest BCUT2D eigenvalue weighted by Gasteiger charge is -2.15. The quantitative estimate of drug-likeness (QED) is 0.897. The van der Waals surface area contributed by atoms with Gasteiger partial charge in [0.15, 0.2) is 11.6 Å². The van der Waals surface area contributed by atoms with Gasteiger partial charge in [-0.25, -0.2) is 4.39 Å². The Morgan fingerprint density at radius 2 is 2.05 bits per heavy atom. The van der Waals surface area contributed by atoms with Gasteiger partial charge in [-0.3, -0.25) is 9.59 Å². The largest absolute Gasteiger partial charge is 0.487 e. The predicted octanol–water partition coefficient (Wildman–Crippen LogP) is 2.36. The number of nitrogens with one attached hydrogen (secondary N) is 2. The fraction of sp³-hybridized carbons (Fsp3) is 0.500. The van der Waals surface area contributed by atoms with Crippen molar-refractivity contribution in [1.29, 1.82) is 0 Å². The van der Waals surface area contributed by atoms with Crippen molar-refractivity contribution in [1.82, 2.24) is 5.32 Å². The van der Waals surface area contributed by atoms with Gasteiger partial charge in [-0.1, -0.05) is 0 Å². The van der Waals surface area contributed by atoms with Crippen LogP contribution in [0, 0.1) is 5.82 Å². The molecule has 0 bridgehead atoms. The van der Waals surface area contributed by atoms with E-state index in [-0.39, 0.29) is 23.7 Å².